The molecule has 5 nitrogen and oxygen atoms in total. The Morgan fingerprint density at radius 1 is 1.33 bits per heavy atom. The third kappa shape index (κ3) is 3.41. The molecule has 0 aliphatic rings. The summed E-state index contributed by atoms with van der Waals surface area (Å²) < 4.78 is 0.788. The molecule has 2 heterocycles. The van der Waals surface area contributed by atoms with E-state index in [1.165, 1.54) is 4.88 Å². The van der Waals surface area contributed by atoms with Gasteiger partial charge in [-0.05, 0) is 30.7 Å². The van der Waals surface area contributed by atoms with Gasteiger partial charge in [-0.25, -0.2) is 0 Å². The van der Waals surface area contributed by atoms with E-state index in [1.54, 1.807) is 23.5 Å². The smallest absolute Gasteiger partial charge is 0.269 e. The Morgan fingerprint density at radius 2 is 2.17 bits per heavy atom. The van der Waals surface area contributed by atoms with Crippen LogP contribution in [-0.2, 0) is 6.42 Å². The normalized spacial score (nSPS) is 10.3. The summed E-state index contributed by atoms with van der Waals surface area (Å²) in [6.07, 6.45) is 0.858. The molecule has 0 aliphatic heterocycles. The first kappa shape index (κ1) is 12.8. The van der Waals surface area contributed by atoms with E-state index in [-0.39, 0.29) is 5.69 Å². The van der Waals surface area contributed by atoms with Gasteiger partial charge in [-0.15, -0.1) is 21.5 Å². The maximum atomic E-state index is 10.8. The monoisotopic (exact) mass is 282 g/mol. The maximum absolute atomic E-state index is 10.8. The summed E-state index contributed by atoms with van der Waals surface area (Å²) in [7, 11) is 0. The van der Waals surface area contributed by atoms with Crippen molar-refractivity contribution in [3.8, 4) is 0 Å². The molecule has 7 heteroatoms. The molecule has 0 saturated heterocycles. The van der Waals surface area contributed by atoms with Crippen LogP contribution < -0.4 is 11.1 Å². The molecule has 0 unspecified atom stereocenters. The molecule has 18 heavy (non-hydrogen) atoms. The molecule has 0 aliphatic carbocycles. The first-order valence-electron chi connectivity index (χ1n) is 5.27. The fraction of sp³-hybridized carbons (Fsp3) is 0.182. The molecule has 2 aromatic heterocycles. The van der Waals surface area contributed by atoms with Crippen LogP contribution in [0, 0.1) is 0 Å². The number of anilines is 1. The lowest BCUT2D eigenvalue weighted by molar-refractivity contribution is 0.0994. The fourth-order valence-electron chi connectivity index (χ4n) is 1.36. The van der Waals surface area contributed by atoms with Gasteiger partial charge in [0.05, 0.1) is 4.34 Å². The van der Waals surface area contributed by atoms with E-state index in [0.29, 0.717) is 5.82 Å². The number of carbonyl (C=O) groups is 1. The molecule has 2 rings (SSSR count). The van der Waals surface area contributed by atoms with Crippen molar-refractivity contribution in [1.82, 2.24) is 10.2 Å². The third-order valence-corrected chi connectivity index (χ3v) is 3.51. The summed E-state index contributed by atoms with van der Waals surface area (Å²) >= 11 is 7.39. The maximum Gasteiger partial charge on any atom is 0.269 e. The Labute approximate surface area is 113 Å². The van der Waals surface area contributed by atoms with E-state index in [4.69, 9.17) is 17.3 Å². The van der Waals surface area contributed by atoms with Crippen LogP contribution in [0.3, 0.4) is 0 Å². The number of hydrogen-bond donors (Lipinski definition) is 2. The molecule has 0 spiro atoms. The van der Waals surface area contributed by atoms with Crippen LogP contribution in [0.25, 0.3) is 0 Å². The minimum Gasteiger partial charge on any atom is -0.368 e. The summed E-state index contributed by atoms with van der Waals surface area (Å²) in [6.45, 7) is 0.724. The highest BCUT2D eigenvalue weighted by atomic mass is 35.5. The SMILES string of the molecule is NC(=O)c1ccc(NCCc2ccc(Cl)s2)nn1. The van der Waals surface area contributed by atoms with Crippen LogP contribution >= 0.6 is 22.9 Å². The minimum absolute atomic E-state index is 0.158. The van der Waals surface area contributed by atoms with E-state index < -0.39 is 5.91 Å². The number of hydrogen-bond acceptors (Lipinski definition) is 5. The van der Waals surface area contributed by atoms with Gasteiger partial charge >= 0.3 is 0 Å². The summed E-state index contributed by atoms with van der Waals surface area (Å²) in [5.74, 6) is 0.0323. The molecule has 94 valence electrons. The van der Waals surface area contributed by atoms with Crippen molar-refractivity contribution in [2.75, 3.05) is 11.9 Å². The van der Waals surface area contributed by atoms with Gasteiger partial charge in [0.15, 0.2) is 5.69 Å². The number of nitrogens with zero attached hydrogens (tertiary/aromatic N) is 2. The predicted octanol–water partition coefficient (Wildman–Crippen LogP) is 1.95. The van der Waals surface area contributed by atoms with Gasteiger partial charge < -0.3 is 11.1 Å². The van der Waals surface area contributed by atoms with Gasteiger partial charge in [0.2, 0.25) is 0 Å². The van der Waals surface area contributed by atoms with Gasteiger partial charge in [-0.3, -0.25) is 4.79 Å². The molecule has 0 atom stereocenters. The van der Waals surface area contributed by atoms with Crippen molar-refractivity contribution < 1.29 is 4.79 Å². The highest BCUT2D eigenvalue weighted by Crippen LogP contribution is 2.21. The third-order valence-electron chi connectivity index (χ3n) is 2.22. The lowest BCUT2D eigenvalue weighted by atomic mass is 10.3. The standard InChI is InChI=1S/C11H11ClN4OS/c12-9-3-1-7(18-9)5-6-14-10-4-2-8(11(13)17)15-16-10/h1-4H,5-6H2,(H2,13,17)(H,14,16). The van der Waals surface area contributed by atoms with Crippen molar-refractivity contribution in [2.45, 2.75) is 6.42 Å². The van der Waals surface area contributed by atoms with E-state index in [1.807, 2.05) is 12.1 Å². The number of nitrogens with one attached hydrogen (secondary N) is 1. The molecule has 2 aromatic rings. The quantitative estimate of drug-likeness (QED) is 0.878. The van der Waals surface area contributed by atoms with Gasteiger partial charge in [-0.1, -0.05) is 11.6 Å². The van der Waals surface area contributed by atoms with Crippen molar-refractivity contribution in [3.63, 3.8) is 0 Å². The Balaban J connectivity index is 1.85. The molecule has 0 radical (unpaired) electrons. The summed E-state index contributed by atoms with van der Waals surface area (Å²) in [5, 5.41) is 10.7. The van der Waals surface area contributed by atoms with Crippen LogP contribution in [0.5, 0.6) is 0 Å². The molecule has 3 N–H and O–H groups in total. The van der Waals surface area contributed by atoms with Crippen LogP contribution in [0.1, 0.15) is 15.4 Å². The number of carbonyl (C=O) groups excluding carboxylic acids is 1. The molecule has 0 aromatic carbocycles. The van der Waals surface area contributed by atoms with Crippen LogP contribution in [0.4, 0.5) is 5.82 Å². The van der Waals surface area contributed by atoms with E-state index in [9.17, 15) is 4.79 Å². The second-order valence-corrected chi connectivity index (χ2v) is 5.35. The largest absolute Gasteiger partial charge is 0.368 e. The zero-order valence-corrected chi connectivity index (χ0v) is 11.0. The first-order valence-corrected chi connectivity index (χ1v) is 6.46. The summed E-state index contributed by atoms with van der Waals surface area (Å²) in [5.41, 5.74) is 5.23. The van der Waals surface area contributed by atoms with Crippen molar-refractivity contribution >= 4 is 34.7 Å². The average Bonchev–Trinajstić information content (AvgIpc) is 2.76. The van der Waals surface area contributed by atoms with Gasteiger partial charge in [0.25, 0.3) is 5.91 Å². The van der Waals surface area contributed by atoms with Crippen LogP contribution in [0.2, 0.25) is 4.34 Å². The predicted molar refractivity (Wildman–Crippen MR) is 72.1 cm³/mol. The van der Waals surface area contributed by atoms with Crippen molar-refractivity contribution in [1.29, 1.82) is 0 Å². The fourth-order valence-corrected chi connectivity index (χ4v) is 2.44. The summed E-state index contributed by atoms with van der Waals surface area (Å²) in [4.78, 5) is 12.0. The van der Waals surface area contributed by atoms with Gasteiger partial charge in [0.1, 0.15) is 5.82 Å². The highest BCUT2D eigenvalue weighted by Gasteiger charge is 2.03. The van der Waals surface area contributed by atoms with E-state index >= 15 is 0 Å². The average molecular weight is 283 g/mol. The van der Waals surface area contributed by atoms with Gasteiger partial charge in [-0.2, -0.15) is 0 Å². The number of thiophene rings is 1. The van der Waals surface area contributed by atoms with Crippen molar-refractivity contribution in [3.05, 3.63) is 39.2 Å². The zero-order valence-electron chi connectivity index (χ0n) is 9.39. The number of aromatic nitrogens is 2. The number of nitrogens with two attached hydrogens (primary N) is 1. The molecule has 0 saturated carbocycles. The second kappa shape index (κ2) is 5.79. The van der Waals surface area contributed by atoms with E-state index in [0.717, 1.165) is 17.3 Å². The first-order chi connectivity index (χ1) is 8.65. The topological polar surface area (TPSA) is 80.9 Å². The lowest BCUT2D eigenvalue weighted by Gasteiger charge is -2.03. The zero-order chi connectivity index (χ0) is 13.0. The lowest BCUT2D eigenvalue weighted by Crippen LogP contribution is -2.14. The van der Waals surface area contributed by atoms with Crippen molar-refractivity contribution in [2.24, 2.45) is 5.73 Å². The van der Waals surface area contributed by atoms with Crippen LogP contribution in [0.15, 0.2) is 24.3 Å². The molecule has 0 bridgehead atoms. The number of primary amides is 1. The van der Waals surface area contributed by atoms with Crippen LogP contribution in [-0.4, -0.2) is 22.6 Å². The summed E-state index contributed by atoms with van der Waals surface area (Å²) in [6, 6.07) is 7.09. The Kier molecular flexibility index (Phi) is 4.11. The Hall–Kier alpha value is -1.66. The molecular weight excluding hydrogens is 272 g/mol. The molecule has 0 fully saturated rings. The highest BCUT2D eigenvalue weighted by molar-refractivity contribution is 7.16. The number of rotatable bonds is 5. The van der Waals surface area contributed by atoms with Gasteiger partial charge in [0, 0.05) is 11.4 Å². The van der Waals surface area contributed by atoms with E-state index in [2.05, 4.69) is 15.5 Å². The second-order valence-electron chi connectivity index (χ2n) is 3.55. The number of halogens is 1. The Bertz CT molecular complexity index is 540. The minimum atomic E-state index is -0.581. The molecular formula is C11H11ClN4OS. The molecule has 1 amide bonds. The number of amides is 1. The Morgan fingerprint density at radius 3 is 2.72 bits per heavy atom.